The number of nitrogens with two attached hydrogens (primary N) is 1. The van der Waals surface area contributed by atoms with E-state index in [1.54, 1.807) is 0 Å². The highest BCUT2D eigenvalue weighted by molar-refractivity contribution is 5.43. The third-order valence-corrected chi connectivity index (χ3v) is 4.84. The average Bonchev–Trinajstić information content (AvgIpc) is 3.23. The number of hydrogen-bond acceptors (Lipinski definition) is 3. The van der Waals surface area contributed by atoms with E-state index < -0.39 is 0 Å². The lowest BCUT2D eigenvalue weighted by Gasteiger charge is -2.34. The van der Waals surface area contributed by atoms with Crippen LogP contribution in [0.4, 0.5) is 5.69 Å². The van der Waals surface area contributed by atoms with Crippen LogP contribution in [0.2, 0.25) is 0 Å². The Morgan fingerprint density at radius 3 is 2.40 bits per heavy atom. The van der Waals surface area contributed by atoms with Crippen molar-refractivity contribution in [2.24, 2.45) is 0 Å². The molecule has 1 saturated carbocycles. The predicted octanol–water partition coefficient (Wildman–Crippen LogP) is 2.80. The van der Waals surface area contributed by atoms with Crippen LogP contribution in [0.3, 0.4) is 0 Å². The van der Waals surface area contributed by atoms with Crippen molar-refractivity contribution < 1.29 is 4.74 Å². The zero-order chi connectivity index (χ0) is 14.0. The Kier molecular flexibility index (Phi) is 3.99. The van der Waals surface area contributed by atoms with Crippen LogP contribution in [0, 0.1) is 0 Å². The maximum absolute atomic E-state index is 5.79. The lowest BCUT2D eigenvalue weighted by molar-refractivity contribution is 0.0123. The number of rotatable bonds is 5. The summed E-state index contributed by atoms with van der Waals surface area (Å²) in [4.78, 5) is 2.62. The van der Waals surface area contributed by atoms with Crippen LogP contribution in [0.1, 0.15) is 38.2 Å². The molecule has 0 spiro atoms. The first-order valence-corrected chi connectivity index (χ1v) is 7.92. The Balaban J connectivity index is 1.57. The predicted molar refractivity (Wildman–Crippen MR) is 82.9 cm³/mol. The van der Waals surface area contributed by atoms with E-state index >= 15 is 0 Å². The monoisotopic (exact) mass is 274 g/mol. The molecule has 0 radical (unpaired) electrons. The van der Waals surface area contributed by atoms with Crippen LogP contribution >= 0.6 is 0 Å². The van der Waals surface area contributed by atoms with Crippen LogP contribution in [0.5, 0.6) is 0 Å². The first kappa shape index (κ1) is 13.9. The van der Waals surface area contributed by atoms with E-state index in [1.807, 2.05) is 12.1 Å². The number of likely N-dealkylation sites (tertiary alicyclic amines) is 1. The number of benzene rings is 1. The molecule has 1 aliphatic heterocycles. The summed E-state index contributed by atoms with van der Waals surface area (Å²) in [5.41, 5.74) is 8.54. The molecule has 0 unspecified atom stereocenters. The van der Waals surface area contributed by atoms with Gasteiger partial charge in [-0.25, -0.2) is 0 Å². The number of ether oxygens (including phenoxy) is 1. The van der Waals surface area contributed by atoms with Crippen molar-refractivity contribution in [1.29, 1.82) is 0 Å². The first-order chi connectivity index (χ1) is 9.72. The van der Waals surface area contributed by atoms with Crippen molar-refractivity contribution in [1.82, 2.24) is 4.90 Å². The summed E-state index contributed by atoms with van der Waals surface area (Å²) in [6.07, 6.45) is 5.50. The molecule has 3 nitrogen and oxygen atoms in total. The second-order valence-electron chi connectivity index (χ2n) is 6.33. The first-order valence-electron chi connectivity index (χ1n) is 7.92. The molecule has 0 bridgehead atoms. The van der Waals surface area contributed by atoms with Gasteiger partial charge in [-0.3, -0.25) is 0 Å². The van der Waals surface area contributed by atoms with Gasteiger partial charge in [0, 0.05) is 37.3 Å². The van der Waals surface area contributed by atoms with Gasteiger partial charge in [-0.15, -0.1) is 0 Å². The van der Waals surface area contributed by atoms with Gasteiger partial charge in [-0.05, 0) is 50.3 Å². The number of nitrogens with zero attached hydrogens (tertiary/aromatic N) is 1. The number of anilines is 1. The Labute approximate surface area is 122 Å². The second kappa shape index (κ2) is 5.74. The molecule has 3 rings (SSSR count). The molecule has 2 fully saturated rings. The average molecular weight is 274 g/mol. The Hall–Kier alpha value is -1.06. The minimum Gasteiger partial charge on any atom is -0.399 e. The normalized spacial score (nSPS) is 22.9. The maximum atomic E-state index is 5.79. The van der Waals surface area contributed by atoms with E-state index in [9.17, 15) is 0 Å². The minimum atomic E-state index is 0.409. The van der Waals surface area contributed by atoms with Crippen LogP contribution in [-0.2, 0) is 10.2 Å². The molecule has 1 aromatic rings. The van der Waals surface area contributed by atoms with E-state index in [0.29, 0.717) is 11.5 Å². The van der Waals surface area contributed by atoms with Gasteiger partial charge in [0.15, 0.2) is 0 Å². The van der Waals surface area contributed by atoms with Gasteiger partial charge in [-0.2, -0.15) is 0 Å². The van der Waals surface area contributed by atoms with Gasteiger partial charge in [-0.1, -0.05) is 12.1 Å². The van der Waals surface area contributed by atoms with Gasteiger partial charge in [0.25, 0.3) is 0 Å². The summed E-state index contributed by atoms with van der Waals surface area (Å²) in [6.45, 7) is 6.51. The van der Waals surface area contributed by atoms with Gasteiger partial charge in [0.05, 0.1) is 6.10 Å². The quantitative estimate of drug-likeness (QED) is 0.839. The smallest absolute Gasteiger partial charge is 0.0599 e. The van der Waals surface area contributed by atoms with Gasteiger partial charge in [0.2, 0.25) is 0 Å². The molecule has 1 heterocycles. The molecule has 0 aromatic heterocycles. The Bertz CT molecular complexity index is 431. The fraction of sp³-hybridized carbons (Fsp3) is 0.647. The van der Waals surface area contributed by atoms with E-state index in [-0.39, 0.29) is 0 Å². The third kappa shape index (κ3) is 2.99. The van der Waals surface area contributed by atoms with Crippen molar-refractivity contribution >= 4 is 5.69 Å². The highest BCUT2D eigenvalue weighted by Gasteiger charge is 2.45. The van der Waals surface area contributed by atoms with Crippen molar-refractivity contribution in [2.45, 2.75) is 44.1 Å². The summed E-state index contributed by atoms with van der Waals surface area (Å²) in [5.74, 6) is 0. The SMILES string of the molecule is CCOC1CCN(CC2(c3ccc(N)cc3)CC2)CC1. The Morgan fingerprint density at radius 2 is 1.85 bits per heavy atom. The number of hydrogen-bond donors (Lipinski definition) is 1. The fourth-order valence-electron chi connectivity index (χ4n) is 3.42. The number of piperidine rings is 1. The molecule has 110 valence electrons. The molecule has 1 saturated heterocycles. The lowest BCUT2D eigenvalue weighted by atomic mass is 9.94. The van der Waals surface area contributed by atoms with Crippen LogP contribution < -0.4 is 5.73 Å². The molecule has 2 aliphatic rings. The van der Waals surface area contributed by atoms with E-state index in [2.05, 4.69) is 24.0 Å². The summed E-state index contributed by atoms with van der Waals surface area (Å²) < 4.78 is 5.73. The van der Waals surface area contributed by atoms with Crippen molar-refractivity contribution in [2.75, 3.05) is 32.0 Å². The van der Waals surface area contributed by atoms with Crippen molar-refractivity contribution in [3.05, 3.63) is 29.8 Å². The fourth-order valence-corrected chi connectivity index (χ4v) is 3.42. The maximum Gasteiger partial charge on any atom is 0.0599 e. The molecule has 1 aliphatic carbocycles. The molecule has 1 aromatic carbocycles. The molecule has 0 atom stereocenters. The Morgan fingerprint density at radius 1 is 1.20 bits per heavy atom. The second-order valence-corrected chi connectivity index (χ2v) is 6.33. The highest BCUT2D eigenvalue weighted by Crippen LogP contribution is 2.49. The molecule has 0 amide bonds. The van der Waals surface area contributed by atoms with Gasteiger partial charge in [0.1, 0.15) is 0 Å². The van der Waals surface area contributed by atoms with Crippen LogP contribution in [0.25, 0.3) is 0 Å². The molecule has 20 heavy (non-hydrogen) atoms. The topological polar surface area (TPSA) is 38.5 Å². The minimum absolute atomic E-state index is 0.409. The molecular formula is C17H26N2O. The van der Waals surface area contributed by atoms with E-state index in [1.165, 1.54) is 50.9 Å². The summed E-state index contributed by atoms with van der Waals surface area (Å²) in [7, 11) is 0. The van der Waals surface area contributed by atoms with Crippen molar-refractivity contribution in [3.63, 3.8) is 0 Å². The molecular weight excluding hydrogens is 248 g/mol. The zero-order valence-corrected chi connectivity index (χ0v) is 12.5. The van der Waals surface area contributed by atoms with Crippen LogP contribution in [0.15, 0.2) is 24.3 Å². The summed E-state index contributed by atoms with van der Waals surface area (Å²) in [5, 5.41) is 0. The molecule has 3 heteroatoms. The van der Waals surface area contributed by atoms with Crippen LogP contribution in [-0.4, -0.2) is 37.2 Å². The summed E-state index contributed by atoms with van der Waals surface area (Å²) >= 11 is 0. The van der Waals surface area contributed by atoms with Gasteiger partial charge >= 0.3 is 0 Å². The highest BCUT2D eigenvalue weighted by atomic mass is 16.5. The van der Waals surface area contributed by atoms with Crippen molar-refractivity contribution in [3.8, 4) is 0 Å². The standard InChI is InChI=1S/C17H26N2O/c1-2-20-16-7-11-19(12-8-16)13-17(9-10-17)14-3-5-15(18)6-4-14/h3-6,16H,2,7-13,18H2,1H3. The number of nitrogen functional groups attached to an aromatic ring is 1. The van der Waals surface area contributed by atoms with E-state index in [4.69, 9.17) is 10.5 Å². The van der Waals surface area contributed by atoms with Gasteiger partial charge < -0.3 is 15.4 Å². The molecule has 2 N–H and O–H groups in total. The zero-order valence-electron chi connectivity index (χ0n) is 12.5. The lowest BCUT2D eigenvalue weighted by Crippen LogP contribution is -2.41. The largest absolute Gasteiger partial charge is 0.399 e. The van der Waals surface area contributed by atoms with E-state index in [0.717, 1.165) is 12.3 Å². The summed E-state index contributed by atoms with van der Waals surface area (Å²) in [6, 6.07) is 8.51. The third-order valence-electron chi connectivity index (χ3n) is 4.84.